The minimum Gasteiger partial charge on any atom is -0.395 e. The van der Waals surface area contributed by atoms with Crippen LogP contribution in [0.25, 0.3) is 22.3 Å². The number of hydrogen-bond donors (Lipinski definition) is 2. The standard InChI is InChI=1S/C21H22N6O3/c1-25-18-17(19(29)26(2)21(25)30)27(20(24-18)23-10-11-28)13-14-5-7-15(8-6-14)16-4-3-9-22-12-16/h3-9,12,28H,10-11,13H2,1-2H3,(H,23,24). The van der Waals surface area contributed by atoms with Crippen molar-refractivity contribution in [1.82, 2.24) is 23.7 Å². The molecule has 1 aromatic carbocycles. The number of nitrogens with zero attached hydrogens (tertiary/aromatic N) is 5. The molecule has 0 amide bonds. The van der Waals surface area contributed by atoms with E-state index in [2.05, 4.69) is 15.3 Å². The van der Waals surface area contributed by atoms with Crippen LogP contribution in [0, 0.1) is 0 Å². The molecule has 2 N–H and O–H groups in total. The Balaban J connectivity index is 1.79. The van der Waals surface area contributed by atoms with E-state index in [0.29, 0.717) is 23.7 Å². The molecular formula is C21H22N6O3. The first-order valence-electron chi connectivity index (χ1n) is 9.51. The van der Waals surface area contributed by atoms with E-state index in [-0.39, 0.29) is 13.2 Å². The topological polar surface area (TPSA) is 107 Å². The van der Waals surface area contributed by atoms with Crippen LogP contribution in [0.3, 0.4) is 0 Å². The molecule has 9 heteroatoms. The Morgan fingerprint density at radius 2 is 1.80 bits per heavy atom. The second kappa shape index (κ2) is 7.96. The lowest BCUT2D eigenvalue weighted by Gasteiger charge is -2.11. The number of hydrogen-bond acceptors (Lipinski definition) is 6. The van der Waals surface area contributed by atoms with Gasteiger partial charge in [0.1, 0.15) is 0 Å². The molecule has 0 aliphatic carbocycles. The first kappa shape index (κ1) is 19.6. The molecule has 3 aromatic heterocycles. The number of aliphatic hydroxyl groups excluding tert-OH is 1. The summed E-state index contributed by atoms with van der Waals surface area (Å²) >= 11 is 0. The molecule has 0 unspecified atom stereocenters. The highest BCUT2D eigenvalue weighted by atomic mass is 16.3. The Hall–Kier alpha value is -3.72. The number of imidazole rings is 1. The van der Waals surface area contributed by atoms with Gasteiger partial charge in [0, 0.05) is 33.0 Å². The van der Waals surface area contributed by atoms with Crippen LogP contribution < -0.4 is 16.6 Å². The van der Waals surface area contributed by atoms with E-state index in [1.807, 2.05) is 36.4 Å². The van der Waals surface area contributed by atoms with E-state index in [9.17, 15) is 14.7 Å². The van der Waals surface area contributed by atoms with Gasteiger partial charge in [-0.15, -0.1) is 0 Å². The summed E-state index contributed by atoms with van der Waals surface area (Å²) in [5.41, 5.74) is 2.80. The zero-order valence-corrected chi connectivity index (χ0v) is 16.7. The average Bonchev–Trinajstić information content (AvgIpc) is 3.14. The fourth-order valence-electron chi connectivity index (χ4n) is 3.42. The van der Waals surface area contributed by atoms with Crippen LogP contribution in [0.15, 0.2) is 58.4 Å². The first-order chi connectivity index (χ1) is 14.5. The van der Waals surface area contributed by atoms with Crippen molar-refractivity contribution in [1.29, 1.82) is 0 Å². The fraction of sp³-hybridized carbons (Fsp3) is 0.238. The molecule has 9 nitrogen and oxygen atoms in total. The lowest BCUT2D eigenvalue weighted by atomic mass is 10.1. The van der Waals surface area contributed by atoms with Crippen LogP contribution in [0.4, 0.5) is 5.95 Å². The van der Waals surface area contributed by atoms with E-state index in [1.54, 1.807) is 24.0 Å². The van der Waals surface area contributed by atoms with Crippen molar-refractivity contribution in [2.24, 2.45) is 14.1 Å². The SMILES string of the molecule is Cn1c(=O)c2c(nc(NCCO)n2Cc2ccc(-c3cccnc3)cc2)n(C)c1=O. The van der Waals surface area contributed by atoms with E-state index in [4.69, 9.17) is 0 Å². The molecule has 0 bridgehead atoms. The maximum absolute atomic E-state index is 12.8. The van der Waals surface area contributed by atoms with E-state index in [0.717, 1.165) is 21.3 Å². The third kappa shape index (κ3) is 3.39. The average molecular weight is 406 g/mol. The number of aliphatic hydroxyl groups is 1. The molecule has 0 atom stereocenters. The highest BCUT2D eigenvalue weighted by Crippen LogP contribution is 2.21. The Labute approximate surface area is 171 Å². The Morgan fingerprint density at radius 3 is 2.47 bits per heavy atom. The number of anilines is 1. The Morgan fingerprint density at radius 1 is 1.03 bits per heavy atom. The van der Waals surface area contributed by atoms with Gasteiger partial charge in [0.15, 0.2) is 11.2 Å². The number of rotatable bonds is 6. The summed E-state index contributed by atoms with van der Waals surface area (Å²) in [7, 11) is 3.03. The quantitative estimate of drug-likeness (QED) is 0.494. The number of benzene rings is 1. The van der Waals surface area contributed by atoms with Gasteiger partial charge in [0.25, 0.3) is 5.56 Å². The summed E-state index contributed by atoms with van der Waals surface area (Å²) in [5, 5.41) is 12.2. The van der Waals surface area contributed by atoms with Crippen molar-refractivity contribution in [2.45, 2.75) is 6.54 Å². The van der Waals surface area contributed by atoms with E-state index < -0.39 is 11.2 Å². The molecule has 0 aliphatic heterocycles. The predicted molar refractivity (Wildman–Crippen MR) is 115 cm³/mol. The van der Waals surface area contributed by atoms with Crippen LogP contribution in [-0.4, -0.2) is 41.9 Å². The molecule has 0 radical (unpaired) electrons. The minimum atomic E-state index is -0.438. The molecule has 0 spiro atoms. The van der Waals surface area contributed by atoms with Gasteiger partial charge in [-0.05, 0) is 22.8 Å². The number of aromatic nitrogens is 5. The highest BCUT2D eigenvalue weighted by molar-refractivity contribution is 5.74. The van der Waals surface area contributed by atoms with Crippen molar-refractivity contribution >= 4 is 17.1 Å². The first-order valence-corrected chi connectivity index (χ1v) is 9.51. The number of nitrogens with one attached hydrogen (secondary N) is 1. The van der Waals surface area contributed by atoms with Gasteiger partial charge in [-0.25, -0.2) is 4.79 Å². The molecule has 4 rings (SSSR count). The molecule has 0 fully saturated rings. The van der Waals surface area contributed by atoms with Crippen molar-refractivity contribution < 1.29 is 5.11 Å². The third-order valence-electron chi connectivity index (χ3n) is 5.03. The molecule has 154 valence electrons. The van der Waals surface area contributed by atoms with E-state index in [1.165, 1.54) is 11.6 Å². The second-order valence-electron chi connectivity index (χ2n) is 6.99. The summed E-state index contributed by atoms with van der Waals surface area (Å²) in [6.07, 6.45) is 3.54. The number of pyridine rings is 1. The van der Waals surface area contributed by atoms with Gasteiger partial charge in [-0.3, -0.25) is 23.5 Å². The van der Waals surface area contributed by atoms with Gasteiger partial charge in [0.05, 0.1) is 13.2 Å². The smallest absolute Gasteiger partial charge is 0.332 e. The van der Waals surface area contributed by atoms with Gasteiger partial charge in [-0.2, -0.15) is 4.98 Å². The van der Waals surface area contributed by atoms with Crippen LogP contribution in [0.2, 0.25) is 0 Å². The molecule has 30 heavy (non-hydrogen) atoms. The normalized spacial score (nSPS) is 11.2. The van der Waals surface area contributed by atoms with E-state index >= 15 is 0 Å². The summed E-state index contributed by atoms with van der Waals surface area (Å²) in [6, 6.07) is 11.8. The van der Waals surface area contributed by atoms with Crippen LogP contribution >= 0.6 is 0 Å². The lowest BCUT2D eigenvalue weighted by Crippen LogP contribution is -2.37. The Kier molecular flexibility index (Phi) is 5.20. The molecule has 3 heterocycles. The van der Waals surface area contributed by atoms with Crippen molar-refractivity contribution in [3.8, 4) is 11.1 Å². The number of fused-ring (bicyclic) bond motifs is 1. The minimum absolute atomic E-state index is 0.0834. The third-order valence-corrected chi connectivity index (χ3v) is 5.03. The largest absolute Gasteiger partial charge is 0.395 e. The maximum Gasteiger partial charge on any atom is 0.332 e. The molecule has 4 aromatic rings. The maximum atomic E-state index is 12.8. The number of aryl methyl sites for hydroxylation is 1. The summed E-state index contributed by atoms with van der Waals surface area (Å²) in [5.74, 6) is 0.425. The van der Waals surface area contributed by atoms with Crippen LogP contribution in [0.1, 0.15) is 5.56 Å². The van der Waals surface area contributed by atoms with Crippen LogP contribution in [-0.2, 0) is 20.6 Å². The second-order valence-corrected chi connectivity index (χ2v) is 6.99. The molecule has 0 saturated heterocycles. The highest BCUT2D eigenvalue weighted by Gasteiger charge is 2.19. The fourth-order valence-corrected chi connectivity index (χ4v) is 3.42. The monoisotopic (exact) mass is 406 g/mol. The lowest BCUT2D eigenvalue weighted by molar-refractivity contribution is 0.310. The summed E-state index contributed by atoms with van der Waals surface area (Å²) < 4.78 is 4.16. The van der Waals surface area contributed by atoms with Crippen LogP contribution in [0.5, 0.6) is 0 Å². The summed E-state index contributed by atoms with van der Waals surface area (Å²) in [4.78, 5) is 33.7. The van der Waals surface area contributed by atoms with Gasteiger partial charge in [-0.1, -0.05) is 30.3 Å². The molecular weight excluding hydrogens is 384 g/mol. The molecule has 0 saturated carbocycles. The zero-order chi connectivity index (χ0) is 21.3. The van der Waals surface area contributed by atoms with Gasteiger partial charge < -0.3 is 10.4 Å². The van der Waals surface area contributed by atoms with Crippen molar-refractivity contribution in [3.05, 3.63) is 75.2 Å². The molecule has 0 aliphatic rings. The van der Waals surface area contributed by atoms with Gasteiger partial charge in [0.2, 0.25) is 5.95 Å². The van der Waals surface area contributed by atoms with Crippen molar-refractivity contribution in [2.75, 3.05) is 18.5 Å². The van der Waals surface area contributed by atoms with Crippen molar-refractivity contribution in [3.63, 3.8) is 0 Å². The zero-order valence-electron chi connectivity index (χ0n) is 16.7. The van der Waals surface area contributed by atoms with Gasteiger partial charge >= 0.3 is 5.69 Å². The summed E-state index contributed by atoms with van der Waals surface area (Å²) in [6.45, 7) is 0.572. The predicted octanol–water partition coefficient (Wildman–Crippen LogP) is 0.948. The Bertz CT molecular complexity index is 1300.